The van der Waals surface area contributed by atoms with E-state index in [1.54, 1.807) is 0 Å². The summed E-state index contributed by atoms with van der Waals surface area (Å²) in [6.07, 6.45) is -1.69. The highest BCUT2D eigenvalue weighted by atomic mass is 35.5. The van der Waals surface area contributed by atoms with Crippen molar-refractivity contribution < 1.29 is 22.7 Å². The molecule has 17 heavy (non-hydrogen) atoms. The number of ether oxygens (including phenoxy) is 1. The number of alkyl halides is 4. The SMILES string of the molecule is O=C(COCC(F)(F)F)NCC1CCC(Cl)C1. The molecule has 0 heterocycles. The Morgan fingerprint density at radius 2 is 2.12 bits per heavy atom. The maximum atomic E-state index is 11.7. The topological polar surface area (TPSA) is 38.3 Å². The standard InChI is InChI=1S/C10H15ClF3NO2/c11-8-2-1-7(3-8)4-15-9(16)5-17-6-10(12,13)14/h7-8H,1-6H2,(H,15,16). The van der Waals surface area contributed by atoms with Crippen molar-refractivity contribution in [1.82, 2.24) is 5.32 Å². The van der Waals surface area contributed by atoms with Crippen LogP contribution in [0.3, 0.4) is 0 Å². The molecule has 2 atom stereocenters. The van der Waals surface area contributed by atoms with E-state index < -0.39 is 25.3 Å². The van der Waals surface area contributed by atoms with Crippen molar-refractivity contribution in [1.29, 1.82) is 0 Å². The van der Waals surface area contributed by atoms with Crippen LogP contribution in [0.2, 0.25) is 0 Å². The molecule has 1 fully saturated rings. The fraction of sp³-hybridized carbons (Fsp3) is 0.900. The fourth-order valence-corrected chi connectivity index (χ4v) is 2.15. The summed E-state index contributed by atoms with van der Waals surface area (Å²) in [4.78, 5) is 11.1. The quantitative estimate of drug-likeness (QED) is 0.779. The summed E-state index contributed by atoms with van der Waals surface area (Å²) in [6.45, 7) is -1.50. The normalized spacial score (nSPS) is 24.9. The van der Waals surface area contributed by atoms with Crippen molar-refractivity contribution in [2.24, 2.45) is 5.92 Å². The van der Waals surface area contributed by atoms with Crippen LogP contribution in [0, 0.1) is 5.92 Å². The largest absolute Gasteiger partial charge is 0.411 e. The summed E-state index contributed by atoms with van der Waals surface area (Å²) in [5.41, 5.74) is 0. The molecule has 0 aromatic carbocycles. The maximum Gasteiger partial charge on any atom is 0.411 e. The predicted octanol–water partition coefficient (Wildman–Crippen LogP) is 2.09. The van der Waals surface area contributed by atoms with Crippen molar-refractivity contribution in [3.05, 3.63) is 0 Å². The van der Waals surface area contributed by atoms with Gasteiger partial charge in [-0.1, -0.05) is 0 Å². The number of amides is 1. The van der Waals surface area contributed by atoms with Crippen LogP contribution in [0.4, 0.5) is 13.2 Å². The molecule has 7 heteroatoms. The van der Waals surface area contributed by atoms with Gasteiger partial charge in [-0.2, -0.15) is 13.2 Å². The first-order valence-corrected chi connectivity index (χ1v) is 5.85. The third-order valence-electron chi connectivity index (χ3n) is 2.56. The van der Waals surface area contributed by atoms with Crippen LogP contribution in [-0.4, -0.2) is 37.2 Å². The van der Waals surface area contributed by atoms with Crippen molar-refractivity contribution >= 4 is 17.5 Å². The highest BCUT2D eigenvalue weighted by molar-refractivity contribution is 6.20. The zero-order valence-electron chi connectivity index (χ0n) is 9.23. The van der Waals surface area contributed by atoms with E-state index in [-0.39, 0.29) is 5.38 Å². The number of hydrogen-bond acceptors (Lipinski definition) is 2. The van der Waals surface area contributed by atoms with Gasteiger partial charge in [0.15, 0.2) is 0 Å². The van der Waals surface area contributed by atoms with E-state index in [0.29, 0.717) is 12.5 Å². The minimum absolute atomic E-state index is 0.151. The van der Waals surface area contributed by atoms with Gasteiger partial charge < -0.3 is 10.1 Å². The number of carbonyl (C=O) groups excluding carboxylic acids is 1. The molecule has 1 aliphatic rings. The second-order valence-corrected chi connectivity index (χ2v) is 4.81. The third kappa shape index (κ3) is 6.73. The molecule has 1 N–H and O–H groups in total. The lowest BCUT2D eigenvalue weighted by molar-refractivity contribution is -0.175. The van der Waals surface area contributed by atoms with E-state index in [4.69, 9.17) is 11.6 Å². The molecule has 1 rings (SSSR count). The van der Waals surface area contributed by atoms with Crippen LogP contribution in [0.25, 0.3) is 0 Å². The van der Waals surface area contributed by atoms with E-state index in [1.807, 2.05) is 0 Å². The van der Waals surface area contributed by atoms with Gasteiger partial charge in [0.25, 0.3) is 0 Å². The van der Waals surface area contributed by atoms with Gasteiger partial charge in [0.2, 0.25) is 5.91 Å². The molecule has 0 spiro atoms. The van der Waals surface area contributed by atoms with E-state index in [1.165, 1.54) is 0 Å². The Balaban J connectivity index is 2.05. The van der Waals surface area contributed by atoms with E-state index in [0.717, 1.165) is 19.3 Å². The molecule has 0 bridgehead atoms. The van der Waals surface area contributed by atoms with Gasteiger partial charge in [-0.05, 0) is 25.2 Å². The van der Waals surface area contributed by atoms with Gasteiger partial charge in [0.1, 0.15) is 13.2 Å². The first-order chi connectivity index (χ1) is 7.87. The molecular formula is C10H15ClF3NO2. The molecule has 0 radical (unpaired) electrons. The molecule has 100 valence electrons. The molecule has 0 aromatic heterocycles. The van der Waals surface area contributed by atoms with Crippen LogP contribution < -0.4 is 5.32 Å². The highest BCUT2D eigenvalue weighted by Crippen LogP contribution is 2.28. The summed E-state index contributed by atoms with van der Waals surface area (Å²) in [5.74, 6) is -0.198. The molecule has 0 saturated heterocycles. The maximum absolute atomic E-state index is 11.7. The van der Waals surface area contributed by atoms with Crippen LogP contribution in [0.1, 0.15) is 19.3 Å². The monoisotopic (exact) mass is 273 g/mol. The van der Waals surface area contributed by atoms with Crippen molar-refractivity contribution in [3.8, 4) is 0 Å². The number of hydrogen-bond donors (Lipinski definition) is 1. The summed E-state index contributed by atoms with van der Waals surface area (Å²) in [7, 11) is 0. The molecule has 3 nitrogen and oxygen atoms in total. The molecular weight excluding hydrogens is 259 g/mol. The second-order valence-electron chi connectivity index (χ2n) is 4.19. The third-order valence-corrected chi connectivity index (χ3v) is 2.96. The van der Waals surface area contributed by atoms with E-state index >= 15 is 0 Å². The van der Waals surface area contributed by atoms with Crippen LogP contribution in [0.5, 0.6) is 0 Å². The minimum Gasteiger partial charge on any atom is -0.362 e. The Hall–Kier alpha value is -0.490. The Morgan fingerprint density at radius 1 is 1.41 bits per heavy atom. The average Bonchev–Trinajstić information content (AvgIpc) is 2.59. The minimum atomic E-state index is -4.39. The predicted molar refractivity (Wildman–Crippen MR) is 56.9 cm³/mol. The summed E-state index contributed by atoms with van der Waals surface area (Å²) in [6, 6.07) is 0. The lowest BCUT2D eigenvalue weighted by Crippen LogP contribution is -2.33. The number of carbonyl (C=O) groups is 1. The smallest absolute Gasteiger partial charge is 0.362 e. The van der Waals surface area contributed by atoms with E-state index in [9.17, 15) is 18.0 Å². The second kappa shape index (κ2) is 6.44. The lowest BCUT2D eigenvalue weighted by Gasteiger charge is -2.11. The van der Waals surface area contributed by atoms with Gasteiger partial charge >= 0.3 is 6.18 Å². The van der Waals surface area contributed by atoms with Crippen molar-refractivity contribution in [3.63, 3.8) is 0 Å². The summed E-state index contributed by atoms with van der Waals surface area (Å²) >= 11 is 5.89. The summed E-state index contributed by atoms with van der Waals surface area (Å²) in [5, 5.41) is 2.69. The number of halogens is 4. The van der Waals surface area contributed by atoms with Crippen LogP contribution >= 0.6 is 11.6 Å². The molecule has 1 saturated carbocycles. The Morgan fingerprint density at radius 3 is 2.65 bits per heavy atom. The van der Waals surface area contributed by atoms with Crippen molar-refractivity contribution in [2.45, 2.75) is 30.8 Å². The van der Waals surface area contributed by atoms with Crippen LogP contribution in [0.15, 0.2) is 0 Å². The van der Waals surface area contributed by atoms with Gasteiger partial charge in [0, 0.05) is 11.9 Å². The zero-order chi connectivity index (χ0) is 12.9. The first kappa shape index (κ1) is 14.6. The lowest BCUT2D eigenvalue weighted by atomic mass is 10.1. The van der Waals surface area contributed by atoms with Gasteiger partial charge in [-0.3, -0.25) is 4.79 Å². The number of nitrogens with one attached hydrogen (secondary N) is 1. The zero-order valence-corrected chi connectivity index (χ0v) is 9.98. The van der Waals surface area contributed by atoms with E-state index in [2.05, 4.69) is 10.1 Å². The van der Waals surface area contributed by atoms with Crippen molar-refractivity contribution in [2.75, 3.05) is 19.8 Å². The van der Waals surface area contributed by atoms with Gasteiger partial charge in [0.05, 0.1) is 0 Å². The Bertz CT molecular complexity index is 260. The van der Waals surface area contributed by atoms with Gasteiger partial charge in [-0.15, -0.1) is 11.6 Å². The number of rotatable bonds is 5. The summed E-state index contributed by atoms with van der Waals surface area (Å²) < 4.78 is 39.4. The van der Waals surface area contributed by atoms with Gasteiger partial charge in [-0.25, -0.2) is 0 Å². The molecule has 1 amide bonds. The molecule has 0 aromatic rings. The average molecular weight is 274 g/mol. The molecule has 1 aliphatic carbocycles. The Kier molecular flexibility index (Phi) is 5.52. The Labute approximate surface area is 103 Å². The fourth-order valence-electron chi connectivity index (χ4n) is 1.77. The molecule has 2 unspecified atom stereocenters. The molecule has 0 aliphatic heterocycles. The first-order valence-electron chi connectivity index (χ1n) is 5.42. The van der Waals surface area contributed by atoms with Crippen LogP contribution in [-0.2, 0) is 9.53 Å². The highest BCUT2D eigenvalue weighted by Gasteiger charge is 2.28.